The first-order chi connectivity index (χ1) is 6.97. The van der Waals surface area contributed by atoms with E-state index in [4.69, 9.17) is 22.4 Å². The van der Waals surface area contributed by atoms with Crippen LogP contribution in [-0.2, 0) is 4.79 Å². The number of carbonyl (C=O) groups excluding carboxylic acids is 1. The maximum atomic E-state index is 11.2. The molecule has 0 aliphatic rings. The van der Waals surface area contributed by atoms with Gasteiger partial charge in [-0.25, -0.2) is 0 Å². The zero-order valence-corrected chi connectivity index (χ0v) is 8.75. The molecule has 0 saturated carbocycles. The second-order valence-electron chi connectivity index (χ2n) is 2.95. The lowest BCUT2D eigenvalue weighted by Gasteiger charge is -2.12. The van der Waals surface area contributed by atoms with Gasteiger partial charge in [-0.05, 0) is 6.07 Å². The molecule has 0 fully saturated rings. The number of hydrogen-bond acceptors (Lipinski definition) is 4. The molecule has 82 valence electrons. The fraction of sp³-hybridized carbons (Fsp3) is 0.222. The number of likely N-dealkylation sites (N-methyl/N-ethyl adjacent to an activating group) is 1. The Morgan fingerprint density at radius 3 is 2.53 bits per heavy atom. The Morgan fingerprint density at radius 1 is 1.47 bits per heavy atom. The third kappa shape index (κ3) is 2.31. The molecule has 0 aliphatic carbocycles. The first-order valence-electron chi connectivity index (χ1n) is 4.16. The number of nitrogens with two attached hydrogens (primary N) is 1. The zero-order chi connectivity index (χ0) is 11.6. The average Bonchev–Trinajstić information content (AvgIpc) is 2.21. The van der Waals surface area contributed by atoms with Gasteiger partial charge in [-0.3, -0.25) is 4.79 Å². The molecule has 1 atom stereocenters. The highest BCUT2D eigenvalue weighted by Gasteiger charge is 2.19. The van der Waals surface area contributed by atoms with E-state index in [-0.39, 0.29) is 22.1 Å². The Kier molecular flexibility index (Phi) is 3.39. The van der Waals surface area contributed by atoms with Crippen molar-refractivity contribution in [3.8, 4) is 11.5 Å². The molecular weight excluding hydrogens is 220 g/mol. The minimum atomic E-state index is -0.978. The summed E-state index contributed by atoms with van der Waals surface area (Å²) >= 11 is 5.77. The van der Waals surface area contributed by atoms with E-state index in [0.717, 1.165) is 12.1 Å². The number of rotatable bonds is 2. The molecule has 1 aromatic carbocycles. The maximum absolute atomic E-state index is 11.2. The van der Waals surface area contributed by atoms with Crippen molar-refractivity contribution >= 4 is 17.5 Å². The molecule has 0 bridgehead atoms. The molecule has 0 saturated heterocycles. The van der Waals surface area contributed by atoms with Crippen LogP contribution in [-0.4, -0.2) is 23.2 Å². The quantitative estimate of drug-likeness (QED) is 0.557. The van der Waals surface area contributed by atoms with Gasteiger partial charge in [0.15, 0.2) is 11.5 Å². The summed E-state index contributed by atoms with van der Waals surface area (Å²) in [4.78, 5) is 11.2. The number of benzene rings is 1. The van der Waals surface area contributed by atoms with Crippen molar-refractivity contribution in [1.82, 2.24) is 5.32 Å². The van der Waals surface area contributed by atoms with Crippen molar-refractivity contribution < 1.29 is 15.0 Å². The van der Waals surface area contributed by atoms with Gasteiger partial charge in [0, 0.05) is 23.7 Å². The van der Waals surface area contributed by atoms with Crippen LogP contribution in [0.2, 0.25) is 5.02 Å². The molecule has 15 heavy (non-hydrogen) atoms. The number of phenols is 2. The Balaban J connectivity index is 3.14. The summed E-state index contributed by atoms with van der Waals surface area (Å²) in [6.45, 7) is 0. The number of hydrogen-bond donors (Lipinski definition) is 4. The summed E-state index contributed by atoms with van der Waals surface area (Å²) in [5.41, 5.74) is 5.84. The Morgan fingerprint density at radius 2 is 2.00 bits per heavy atom. The Labute approximate surface area is 91.5 Å². The van der Waals surface area contributed by atoms with Crippen LogP contribution in [0.1, 0.15) is 11.6 Å². The summed E-state index contributed by atoms with van der Waals surface area (Å²) < 4.78 is 0. The summed E-state index contributed by atoms with van der Waals surface area (Å²) in [7, 11) is 1.44. The monoisotopic (exact) mass is 230 g/mol. The van der Waals surface area contributed by atoms with E-state index >= 15 is 0 Å². The molecule has 1 rings (SSSR count). The SMILES string of the molecule is CNC(=O)C(N)c1cc(O)c(O)cc1Cl. The minimum Gasteiger partial charge on any atom is -0.504 e. The lowest BCUT2D eigenvalue weighted by molar-refractivity contribution is -0.121. The largest absolute Gasteiger partial charge is 0.504 e. The number of amides is 1. The molecule has 1 aromatic rings. The van der Waals surface area contributed by atoms with E-state index in [9.17, 15) is 9.90 Å². The smallest absolute Gasteiger partial charge is 0.241 e. The summed E-state index contributed by atoms with van der Waals surface area (Å²) in [6, 6.07) is 1.32. The standard InChI is InChI=1S/C9H11ClN2O3/c1-12-9(15)8(11)4-2-6(13)7(14)3-5(4)10/h2-3,8,13-14H,11H2,1H3,(H,12,15). The third-order valence-electron chi connectivity index (χ3n) is 1.96. The molecule has 5 nitrogen and oxygen atoms in total. The number of phenolic OH excluding ortho intramolecular Hbond substituents is 2. The highest BCUT2D eigenvalue weighted by molar-refractivity contribution is 6.31. The predicted octanol–water partition coefficient (Wildman–Crippen LogP) is 0.497. The van der Waals surface area contributed by atoms with Crippen molar-refractivity contribution in [2.75, 3.05) is 7.05 Å². The van der Waals surface area contributed by atoms with Gasteiger partial charge in [-0.2, -0.15) is 0 Å². The van der Waals surface area contributed by atoms with Crippen LogP contribution >= 0.6 is 11.6 Å². The van der Waals surface area contributed by atoms with E-state index < -0.39 is 11.9 Å². The Bertz CT molecular complexity index is 395. The molecular formula is C9H11ClN2O3. The van der Waals surface area contributed by atoms with Crippen LogP contribution < -0.4 is 11.1 Å². The third-order valence-corrected chi connectivity index (χ3v) is 2.29. The molecule has 1 amide bonds. The Hall–Kier alpha value is -1.46. The van der Waals surface area contributed by atoms with Gasteiger partial charge in [0.1, 0.15) is 6.04 Å². The van der Waals surface area contributed by atoms with Gasteiger partial charge in [0.2, 0.25) is 5.91 Å². The van der Waals surface area contributed by atoms with Gasteiger partial charge in [0.05, 0.1) is 0 Å². The fourth-order valence-corrected chi connectivity index (χ4v) is 1.38. The first-order valence-corrected chi connectivity index (χ1v) is 4.53. The highest BCUT2D eigenvalue weighted by atomic mass is 35.5. The van der Waals surface area contributed by atoms with Crippen LogP contribution in [0.5, 0.6) is 11.5 Å². The van der Waals surface area contributed by atoms with Crippen LogP contribution in [0.15, 0.2) is 12.1 Å². The molecule has 0 aromatic heterocycles. The van der Waals surface area contributed by atoms with E-state index in [1.54, 1.807) is 0 Å². The van der Waals surface area contributed by atoms with E-state index in [2.05, 4.69) is 5.32 Å². The molecule has 5 N–H and O–H groups in total. The van der Waals surface area contributed by atoms with E-state index in [0.29, 0.717) is 0 Å². The summed E-state index contributed by atoms with van der Waals surface area (Å²) in [5.74, 6) is -1.15. The normalized spacial score (nSPS) is 12.2. The van der Waals surface area contributed by atoms with Gasteiger partial charge in [-0.15, -0.1) is 0 Å². The van der Waals surface area contributed by atoms with Crippen molar-refractivity contribution in [3.05, 3.63) is 22.7 Å². The number of nitrogens with one attached hydrogen (secondary N) is 1. The molecule has 0 radical (unpaired) electrons. The number of halogens is 1. The van der Waals surface area contributed by atoms with Crippen molar-refractivity contribution in [3.63, 3.8) is 0 Å². The van der Waals surface area contributed by atoms with Crippen LogP contribution in [0.3, 0.4) is 0 Å². The summed E-state index contributed by atoms with van der Waals surface area (Å²) in [6.07, 6.45) is 0. The molecule has 0 aliphatic heterocycles. The van der Waals surface area contributed by atoms with Crippen molar-refractivity contribution in [2.45, 2.75) is 6.04 Å². The highest BCUT2D eigenvalue weighted by Crippen LogP contribution is 2.33. The zero-order valence-electron chi connectivity index (χ0n) is 7.99. The second kappa shape index (κ2) is 4.37. The minimum absolute atomic E-state index is 0.126. The molecule has 1 unspecified atom stereocenters. The van der Waals surface area contributed by atoms with Gasteiger partial charge < -0.3 is 21.3 Å². The predicted molar refractivity (Wildman–Crippen MR) is 55.8 cm³/mol. The van der Waals surface area contributed by atoms with Crippen LogP contribution in [0, 0.1) is 0 Å². The second-order valence-corrected chi connectivity index (χ2v) is 3.36. The lowest BCUT2D eigenvalue weighted by Crippen LogP contribution is -2.31. The first kappa shape index (κ1) is 11.6. The molecule has 0 heterocycles. The number of aromatic hydroxyl groups is 2. The van der Waals surface area contributed by atoms with Crippen molar-refractivity contribution in [2.24, 2.45) is 5.73 Å². The van der Waals surface area contributed by atoms with Crippen LogP contribution in [0.25, 0.3) is 0 Å². The van der Waals surface area contributed by atoms with Gasteiger partial charge in [0.25, 0.3) is 0 Å². The van der Waals surface area contributed by atoms with Gasteiger partial charge in [-0.1, -0.05) is 11.6 Å². The lowest BCUT2D eigenvalue weighted by atomic mass is 10.1. The van der Waals surface area contributed by atoms with E-state index in [1.165, 1.54) is 7.05 Å². The van der Waals surface area contributed by atoms with Crippen LogP contribution in [0.4, 0.5) is 0 Å². The van der Waals surface area contributed by atoms with Crippen molar-refractivity contribution in [1.29, 1.82) is 0 Å². The van der Waals surface area contributed by atoms with Gasteiger partial charge >= 0.3 is 0 Å². The number of carbonyl (C=O) groups is 1. The topological polar surface area (TPSA) is 95.6 Å². The summed E-state index contributed by atoms with van der Waals surface area (Å²) in [5, 5.41) is 20.8. The van der Waals surface area contributed by atoms with E-state index in [1.807, 2.05) is 0 Å². The molecule has 0 spiro atoms. The molecule has 6 heteroatoms. The maximum Gasteiger partial charge on any atom is 0.241 e. The average molecular weight is 231 g/mol. The fourth-order valence-electron chi connectivity index (χ4n) is 1.10.